The number of hydrogen-bond acceptors (Lipinski definition) is 3. The summed E-state index contributed by atoms with van der Waals surface area (Å²) >= 11 is 0. The smallest absolute Gasteiger partial charge is 0.119 e. The minimum atomic E-state index is -0.790. The van der Waals surface area contributed by atoms with E-state index >= 15 is 0 Å². The van der Waals surface area contributed by atoms with Gasteiger partial charge in [-0.3, -0.25) is 0 Å². The van der Waals surface area contributed by atoms with Gasteiger partial charge in [0.25, 0.3) is 0 Å². The molecule has 0 bridgehead atoms. The van der Waals surface area contributed by atoms with Crippen LogP contribution >= 0.6 is 0 Å². The Hall–Kier alpha value is -1.06. The largest absolute Gasteiger partial charge is 0.491 e. The first-order chi connectivity index (χ1) is 7.98. The number of benzene rings is 1. The molecule has 0 radical (unpaired) electrons. The summed E-state index contributed by atoms with van der Waals surface area (Å²) in [6, 6.07) is 7.34. The molecule has 0 aliphatic rings. The van der Waals surface area contributed by atoms with E-state index in [1.807, 2.05) is 38.1 Å². The van der Waals surface area contributed by atoms with Gasteiger partial charge < -0.3 is 14.9 Å². The molecule has 0 aliphatic carbocycles. The Morgan fingerprint density at radius 3 is 2.29 bits per heavy atom. The van der Waals surface area contributed by atoms with E-state index in [0.29, 0.717) is 18.6 Å². The van der Waals surface area contributed by atoms with Crippen molar-refractivity contribution in [2.75, 3.05) is 6.61 Å². The van der Waals surface area contributed by atoms with Crippen molar-refractivity contribution in [2.45, 2.75) is 45.3 Å². The van der Waals surface area contributed by atoms with Crippen molar-refractivity contribution in [3.05, 3.63) is 29.8 Å². The Bertz CT molecular complexity index is 330. The SMILES string of the molecule is CC[C@H](O)c1ccc(OCC(C)(O)CC)cc1. The van der Waals surface area contributed by atoms with Gasteiger partial charge in [-0.25, -0.2) is 0 Å². The predicted molar refractivity (Wildman–Crippen MR) is 68.1 cm³/mol. The molecule has 1 rings (SSSR count). The summed E-state index contributed by atoms with van der Waals surface area (Å²) in [5, 5.41) is 19.4. The van der Waals surface area contributed by atoms with Crippen molar-refractivity contribution in [2.24, 2.45) is 0 Å². The van der Waals surface area contributed by atoms with E-state index in [0.717, 1.165) is 5.56 Å². The van der Waals surface area contributed by atoms with Crippen LogP contribution in [0.4, 0.5) is 0 Å². The van der Waals surface area contributed by atoms with Crippen molar-refractivity contribution in [3.8, 4) is 5.75 Å². The monoisotopic (exact) mass is 238 g/mol. The highest BCUT2D eigenvalue weighted by Crippen LogP contribution is 2.20. The van der Waals surface area contributed by atoms with E-state index in [-0.39, 0.29) is 6.61 Å². The fourth-order valence-electron chi connectivity index (χ4n) is 1.36. The summed E-state index contributed by atoms with van der Waals surface area (Å²) < 4.78 is 5.50. The Morgan fingerprint density at radius 2 is 1.82 bits per heavy atom. The molecular formula is C14H22O3. The molecular weight excluding hydrogens is 216 g/mol. The van der Waals surface area contributed by atoms with Crippen LogP contribution in [0.5, 0.6) is 5.75 Å². The van der Waals surface area contributed by atoms with Crippen LogP contribution in [0.1, 0.15) is 45.3 Å². The summed E-state index contributed by atoms with van der Waals surface area (Å²) in [7, 11) is 0. The van der Waals surface area contributed by atoms with Crippen molar-refractivity contribution in [1.82, 2.24) is 0 Å². The van der Waals surface area contributed by atoms with Gasteiger partial charge in [0.1, 0.15) is 12.4 Å². The lowest BCUT2D eigenvalue weighted by Crippen LogP contribution is -2.31. The first kappa shape index (κ1) is 14.0. The van der Waals surface area contributed by atoms with Crippen molar-refractivity contribution < 1.29 is 14.9 Å². The highest BCUT2D eigenvalue weighted by atomic mass is 16.5. The molecule has 3 heteroatoms. The Balaban J connectivity index is 2.57. The van der Waals surface area contributed by atoms with Crippen LogP contribution in [0.2, 0.25) is 0 Å². The second-order valence-electron chi connectivity index (χ2n) is 4.63. The highest BCUT2D eigenvalue weighted by molar-refractivity contribution is 5.28. The fraction of sp³-hybridized carbons (Fsp3) is 0.571. The average molecular weight is 238 g/mol. The zero-order chi connectivity index (χ0) is 12.9. The zero-order valence-electron chi connectivity index (χ0n) is 10.8. The maximum absolute atomic E-state index is 9.80. The molecule has 3 nitrogen and oxygen atoms in total. The van der Waals surface area contributed by atoms with E-state index in [9.17, 15) is 10.2 Å². The quantitative estimate of drug-likeness (QED) is 0.801. The average Bonchev–Trinajstić information content (AvgIpc) is 2.36. The van der Waals surface area contributed by atoms with Gasteiger partial charge in [0, 0.05) is 0 Å². The second-order valence-corrected chi connectivity index (χ2v) is 4.63. The summed E-state index contributed by atoms with van der Waals surface area (Å²) in [6.07, 6.45) is 0.937. The lowest BCUT2D eigenvalue weighted by molar-refractivity contribution is 0.00844. The summed E-state index contributed by atoms with van der Waals surface area (Å²) in [5.74, 6) is 0.714. The van der Waals surface area contributed by atoms with E-state index in [4.69, 9.17) is 4.74 Å². The van der Waals surface area contributed by atoms with Crippen LogP contribution < -0.4 is 4.74 Å². The van der Waals surface area contributed by atoms with E-state index in [1.54, 1.807) is 6.92 Å². The van der Waals surface area contributed by atoms with Gasteiger partial charge >= 0.3 is 0 Å². The molecule has 0 fully saturated rings. The maximum atomic E-state index is 9.80. The molecule has 17 heavy (non-hydrogen) atoms. The van der Waals surface area contributed by atoms with Crippen LogP contribution in [0.25, 0.3) is 0 Å². The molecule has 0 heterocycles. The van der Waals surface area contributed by atoms with Gasteiger partial charge in [-0.2, -0.15) is 0 Å². The number of ether oxygens (including phenoxy) is 1. The first-order valence-corrected chi connectivity index (χ1v) is 6.11. The van der Waals surface area contributed by atoms with Crippen molar-refractivity contribution >= 4 is 0 Å². The molecule has 0 aromatic heterocycles. The fourth-order valence-corrected chi connectivity index (χ4v) is 1.36. The number of aliphatic hydroxyl groups excluding tert-OH is 1. The van der Waals surface area contributed by atoms with Crippen LogP contribution in [-0.2, 0) is 0 Å². The Labute approximate surface area is 103 Å². The topological polar surface area (TPSA) is 49.7 Å². The molecule has 1 aromatic carbocycles. The molecule has 0 amide bonds. The standard InChI is InChI=1S/C14H22O3/c1-4-13(15)11-6-8-12(9-7-11)17-10-14(3,16)5-2/h6-9,13,15-16H,4-5,10H2,1-3H3/t13-,14?/m0/s1. The zero-order valence-corrected chi connectivity index (χ0v) is 10.8. The molecule has 2 N–H and O–H groups in total. The molecule has 0 saturated heterocycles. The van der Waals surface area contributed by atoms with Gasteiger partial charge in [-0.15, -0.1) is 0 Å². The molecule has 0 saturated carbocycles. The third-order valence-corrected chi connectivity index (χ3v) is 2.96. The minimum Gasteiger partial charge on any atom is -0.491 e. The maximum Gasteiger partial charge on any atom is 0.119 e. The number of aliphatic hydroxyl groups is 2. The molecule has 1 aromatic rings. The van der Waals surface area contributed by atoms with Crippen molar-refractivity contribution in [3.63, 3.8) is 0 Å². The summed E-state index contributed by atoms with van der Waals surface area (Å²) in [6.45, 7) is 5.89. The van der Waals surface area contributed by atoms with Gasteiger partial charge in [-0.1, -0.05) is 26.0 Å². The normalized spacial score (nSPS) is 16.3. The van der Waals surface area contributed by atoms with Gasteiger partial charge in [0.05, 0.1) is 11.7 Å². The van der Waals surface area contributed by atoms with Crippen LogP contribution in [0.3, 0.4) is 0 Å². The van der Waals surface area contributed by atoms with Crippen molar-refractivity contribution in [1.29, 1.82) is 0 Å². The summed E-state index contributed by atoms with van der Waals surface area (Å²) in [4.78, 5) is 0. The van der Waals surface area contributed by atoms with Crippen LogP contribution in [-0.4, -0.2) is 22.4 Å². The second kappa shape index (κ2) is 6.03. The van der Waals surface area contributed by atoms with Gasteiger partial charge in [0.15, 0.2) is 0 Å². The van der Waals surface area contributed by atoms with Crippen LogP contribution in [0, 0.1) is 0 Å². The lowest BCUT2D eigenvalue weighted by atomic mass is 10.1. The minimum absolute atomic E-state index is 0.277. The molecule has 0 aliphatic heterocycles. The predicted octanol–water partition coefficient (Wildman–Crippen LogP) is 2.67. The third kappa shape index (κ3) is 4.36. The molecule has 96 valence electrons. The lowest BCUT2D eigenvalue weighted by Gasteiger charge is -2.21. The van der Waals surface area contributed by atoms with Gasteiger partial charge in [0.2, 0.25) is 0 Å². The van der Waals surface area contributed by atoms with E-state index < -0.39 is 11.7 Å². The Morgan fingerprint density at radius 1 is 1.24 bits per heavy atom. The van der Waals surface area contributed by atoms with Crippen LogP contribution in [0.15, 0.2) is 24.3 Å². The molecule has 0 spiro atoms. The van der Waals surface area contributed by atoms with Gasteiger partial charge in [-0.05, 0) is 37.5 Å². The number of rotatable bonds is 6. The molecule has 2 atom stereocenters. The van der Waals surface area contributed by atoms with E-state index in [2.05, 4.69) is 0 Å². The van der Waals surface area contributed by atoms with E-state index in [1.165, 1.54) is 0 Å². The Kier molecular flexibility index (Phi) is 4.97. The third-order valence-electron chi connectivity index (χ3n) is 2.96. The first-order valence-electron chi connectivity index (χ1n) is 6.11. The highest BCUT2D eigenvalue weighted by Gasteiger charge is 2.18. The molecule has 1 unspecified atom stereocenters. The summed E-state index contributed by atoms with van der Waals surface area (Å²) in [5.41, 5.74) is 0.101. The number of hydrogen-bond donors (Lipinski definition) is 2.